The number of para-hydroxylation sites is 1. The number of benzene rings is 1. The van der Waals surface area contributed by atoms with Gasteiger partial charge in [0.25, 0.3) is 5.91 Å². The van der Waals surface area contributed by atoms with Crippen LogP contribution in [0.15, 0.2) is 34.7 Å². The summed E-state index contributed by atoms with van der Waals surface area (Å²) in [5.41, 5.74) is 8.43. The molecule has 0 atom stereocenters. The Morgan fingerprint density at radius 3 is 2.72 bits per heavy atom. The minimum absolute atomic E-state index is 0.220. The molecule has 0 unspecified atom stereocenters. The Kier molecular flexibility index (Phi) is 3.37. The van der Waals surface area contributed by atoms with Crippen molar-refractivity contribution in [3.8, 4) is 0 Å². The lowest BCUT2D eigenvalue weighted by Crippen LogP contribution is -2.13. The minimum Gasteiger partial charge on any atom is -0.436 e. The normalized spacial score (nSPS) is 10.3. The van der Waals surface area contributed by atoms with Crippen molar-refractivity contribution in [2.45, 2.75) is 20.3 Å². The van der Waals surface area contributed by atoms with Gasteiger partial charge in [-0.1, -0.05) is 25.1 Å². The van der Waals surface area contributed by atoms with Gasteiger partial charge in [0.05, 0.1) is 0 Å². The summed E-state index contributed by atoms with van der Waals surface area (Å²) < 4.78 is 5.10. The van der Waals surface area contributed by atoms with Gasteiger partial charge in [0.1, 0.15) is 0 Å². The highest BCUT2D eigenvalue weighted by molar-refractivity contribution is 6.03. The van der Waals surface area contributed by atoms with E-state index in [0.29, 0.717) is 0 Å². The van der Waals surface area contributed by atoms with Crippen molar-refractivity contribution in [3.63, 3.8) is 0 Å². The molecule has 18 heavy (non-hydrogen) atoms. The highest BCUT2D eigenvalue weighted by Gasteiger charge is 2.13. The zero-order valence-electron chi connectivity index (χ0n) is 10.5. The SMILES string of the molecule is CCc1cccc(C)c1NC(=O)c1ccc(N)o1. The van der Waals surface area contributed by atoms with E-state index < -0.39 is 0 Å². The van der Waals surface area contributed by atoms with Crippen molar-refractivity contribution in [2.75, 3.05) is 11.1 Å². The summed E-state index contributed by atoms with van der Waals surface area (Å²) in [5.74, 6) is 0.175. The first-order valence-corrected chi connectivity index (χ1v) is 5.87. The lowest BCUT2D eigenvalue weighted by Gasteiger charge is -2.11. The lowest BCUT2D eigenvalue weighted by molar-refractivity contribution is 0.0997. The van der Waals surface area contributed by atoms with Crippen LogP contribution in [0, 0.1) is 6.92 Å². The van der Waals surface area contributed by atoms with Crippen LogP contribution in [0.4, 0.5) is 11.6 Å². The molecule has 3 N–H and O–H groups in total. The van der Waals surface area contributed by atoms with Crippen molar-refractivity contribution in [1.29, 1.82) is 0 Å². The van der Waals surface area contributed by atoms with Gasteiger partial charge in [0.2, 0.25) is 0 Å². The van der Waals surface area contributed by atoms with Crippen LogP contribution in [0.2, 0.25) is 0 Å². The molecule has 0 aliphatic heterocycles. The topological polar surface area (TPSA) is 68.3 Å². The number of nitrogens with one attached hydrogen (secondary N) is 1. The summed E-state index contributed by atoms with van der Waals surface area (Å²) in [6, 6.07) is 9.07. The molecule has 1 aromatic heterocycles. The van der Waals surface area contributed by atoms with E-state index >= 15 is 0 Å². The van der Waals surface area contributed by atoms with E-state index in [0.717, 1.165) is 23.2 Å². The third kappa shape index (κ3) is 2.37. The second-order valence-electron chi connectivity index (χ2n) is 4.12. The highest BCUT2D eigenvalue weighted by atomic mass is 16.4. The first kappa shape index (κ1) is 12.2. The molecule has 0 bridgehead atoms. The molecule has 1 amide bonds. The maximum atomic E-state index is 12.0. The number of amides is 1. The number of nitrogens with two attached hydrogens (primary N) is 1. The van der Waals surface area contributed by atoms with Crippen LogP contribution in [0.1, 0.15) is 28.6 Å². The molecule has 0 aliphatic rings. The van der Waals surface area contributed by atoms with Gasteiger partial charge in [-0.15, -0.1) is 0 Å². The van der Waals surface area contributed by atoms with E-state index in [1.54, 1.807) is 12.1 Å². The molecule has 0 spiro atoms. The zero-order valence-corrected chi connectivity index (χ0v) is 10.5. The summed E-state index contributed by atoms with van der Waals surface area (Å²) >= 11 is 0. The predicted octanol–water partition coefficient (Wildman–Crippen LogP) is 2.98. The van der Waals surface area contributed by atoms with Gasteiger partial charge in [0.15, 0.2) is 11.6 Å². The number of furan rings is 1. The number of hydrogen-bond donors (Lipinski definition) is 2. The van der Waals surface area contributed by atoms with Crippen LogP contribution in [0.5, 0.6) is 0 Å². The summed E-state index contributed by atoms with van der Waals surface area (Å²) in [7, 11) is 0. The molecule has 0 saturated carbocycles. The van der Waals surface area contributed by atoms with Crippen molar-refractivity contribution in [1.82, 2.24) is 0 Å². The Morgan fingerprint density at radius 1 is 1.33 bits per heavy atom. The van der Waals surface area contributed by atoms with Gasteiger partial charge in [-0.3, -0.25) is 4.79 Å². The fourth-order valence-corrected chi connectivity index (χ4v) is 1.85. The lowest BCUT2D eigenvalue weighted by atomic mass is 10.1. The Balaban J connectivity index is 2.26. The fourth-order valence-electron chi connectivity index (χ4n) is 1.85. The Bertz CT molecular complexity index is 573. The van der Waals surface area contributed by atoms with E-state index in [2.05, 4.69) is 12.2 Å². The molecule has 0 saturated heterocycles. The third-order valence-corrected chi connectivity index (χ3v) is 2.83. The molecule has 0 aliphatic carbocycles. The number of carbonyl (C=O) groups is 1. The molecule has 1 aromatic carbocycles. The molecule has 1 heterocycles. The minimum atomic E-state index is -0.282. The molecule has 2 aromatic rings. The molecule has 2 rings (SSSR count). The standard InChI is InChI=1S/C14H16N2O2/c1-3-10-6-4-5-9(2)13(10)16-14(17)11-7-8-12(15)18-11/h4-8H,3,15H2,1-2H3,(H,16,17). The van der Waals surface area contributed by atoms with Crippen LogP contribution in [-0.2, 0) is 6.42 Å². The Morgan fingerprint density at radius 2 is 2.11 bits per heavy atom. The van der Waals surface area contributed by atoms with Gasteiger partial charge in [0, 0.05) is 11.8 Å². The summed E-state index contributed by atoms with van der Waals surface area (Å²) in [5, 5.41) is 2.87. The average molecular weight is 244 g/mol. The van der Waals surface area contributed by atoms with E-state index in [1.807, 2.05) is 25.1 Å². The van der Waals surface area contributed by atoms with Crippen LogP contribution in [-0.4, -0.2) is 5.91 Å². The van der Waals surface area contributed by atoms with Crippen molar-refractivity contribution < 1.29 is 9.21 Å². The highest BCUT2D eigenvalue weighted by Crippen LogP contribution is 2.22. The number of nitrogen functional groups attached to an aromatic ring is 1. The number of anilines is 2. The Labute approximate surface area is 106 Å². The predicted molar refractivity (Wildman–Crippen MR) is 71.6 cm³/mol. The van der Waals surface area contributed by atoms with Crippen molar-refractivity contribution in [3.05, 3.63) is 47.2 Å². The van der Waals surface area contributed by atoms with Gasteiger partial charge in [-0.2, -0.15) is 0 Å². The summed E-state index contributed by atoms with van der Waals surface area (Å²) in [6.07, 6.45) is 0.859. The van der Waals surface area contributed by atoms with E-state index in [-0.39, 0.29) is 17.6 Å². The van der Waals surface area contributed by atoms with Crippen molar-refractivity contribution >= 4 is 17.5 Å². The van der Waals surface area contributed by atoms with E-state index in [1.165, 1.54) is 0 Å². The molecule has 94 valence electrons. The number of rotatable bonds is 3. The smallest absolute Gasteiger partial charge is 0.291 e. The second kappa shape index (κ2) is 4.96. The monoisotopic (exact) mass is 244 g/mol. The van der Waals surface area contributed by atoms with Crippen LogP contribution < -0.4 is 11.1 Å². The molecule has 0 radical (unpaired) electrons. The van der Waals surface area contributed by atoms with Gasteiger partial charge < -0.3 is 15.5 Å². The fraction of sp³-hybridized carbons (Fsp3) is 0.214. The molecular formula is C14H16N2O2. The first-order valence-electron chi connectivity index (χ1n) is 5.87. The summed E-state index contributed by atoms with van der Waals surface area (Å²) in [6.45, 7) is 4.01. The van der Waals surface area contributed by atoms with E-state index in [9.17, 15) is 4.79 Å². The summed E-state index contributed by atoms with van der Waals surface area (Å²) in [4.78, 5) is 12.0. The maximum absolute atomic E-state index is 12.0. The van der Waals surface area contributed by atoms with Crippen LogP contribution >= 0.6 is 0 Å². The molecule has 4 heteroatoms. The second-order valence-corrected chi connectivity index (χ2v) is 4.12. The largest absolute Gasteiger partial charge is 0.436 e. The van der Waals surface area contributed by atoms with Crippen molar-refractivity contribution in [2.24, 2.45) is 0 Å². The average Bonchev–Trinajstić information content (AvgIpc) is 2.78. The molecule has 0 fully saturated rings. The number of aryl methyl sites for hydroxylation is 2. The van der Waals surface area contributed by atoms with Crippen LogP contribution in [0.25, 0.3) is 0 Å². The van der Waals surface area contributed by atoms with Gasteiger partial charge in [-0.25, -0.2) is 0 Å². The zero-order chi connectivity index (χ0) is 13.1. The van der Waals surface area contributed by atoms with Crippen LogP contribution in [0.3, 0.4) is 0 Å². The van der Waals surface area contributed by atoms with E-state index in [4.69, 9.17) is 10.2 Å². The van der Waals surface area contributed by atoms with Gasteiger partial charge in [-0.05, 0) is 30.5 Å². The first-order chi connectivity index (χ1) is 8.61. The number of carbonyl (C=O) groups excluding carboxylic acids is 1. The Hall–Kier alpha value is -2.23. The third-order valence-electron chi connectivity index (χ3n) is 2.83. The number of hydrogen-bond acceptors (Lipinski definition) is 3. The maximum Gasteiger partial charge on any atom is 0.291 e. The quantitative estimate of drug-likeness (QED) is 0.872. The molecule has 4 nitrogen and oxygen atoms in total. The molecular weight excluding hydrogens is 228 g/mol. The van der Waals surface area contributed by atoms with Gasteiger partial charge >= 0.3 is 0 Å².